The van der Waals surface area contributed by atoms with Crippen LogP contribution < -0.4 is 5.56 Å². The topological polar surface area (TPSA) is 66.1 Å². The van der Waals surface area contributed by atoms with Gasteiger partial charge in [0.25, 0.3) is 11.5 Å². The number of likely N-dealkylation sites (tertiary alicyclic amines) is 1. The zero-order chi connectivity index (χ0) is 15.0. The highest BCUT2D eigenvalue weighted by Gasteiger charge is 2.28. The van der Waals surface area contributed by atoms with Gasteiger partial charge in [-0.2, -0.15) is 5.10 Å². The first-order chi connectivity index (χ1) is 10.1. The standard InChI is InChI=1S/C16H19N3O2/c1-10-7-11(2)9-19(8-10)16(21)14-12-5-3-4-6-13(12)15(20)18-17-14/h3-6,10-11H,7-9H2,1-2H3,(H,18,20)/t10-,11-/m0/s1. The van der Waals surface area contributed by atoms with Gasteiger partial charge in [-0.15, -0.1) is 0 Å². The highest BCUT2D eigenvalue weighted by Crippen LogP contribution is 2.23. The molecule has 0 radical (unpaired) electrons. The van der Waals surface area contributed by atoms with Gasteiger partial charge in [-0.25, -0.2) is 5.10 Å². The molecule has 1 saturated heterocycles. The van der Waals surface area contributed by atoms with Crippen molar-refractivity contribution in [3.05, 3.63) is 40.3 Å². The number of hydrogen-bond donors (Lipinski definition) is 1. The summed E-state index contributed by atoms with van der Waals surface area (Å²) in [4.78, 5) is 26.4. The van der Waals surface area contributed by atoms with Gasteiger partial charge in [0.2, 0.25) is 0 Å². The van der Waals surface area contributed by atoms with Gasteiger partial charge in [-0.3, -0.25) is 9.59 Å². The van der Waals surface area contributed by atoms with Crippen LogP contribution in [0.1, 0.15) is 30.8 Å². The molecule has 0 spiro atoms. The van der Waals surface area contributed by atoms with E-state index in [9.17, 15) is 9.59 Å². The zero-order valence-corrected chi connectivity index (χ0v) is 12.3. The third-order valence-corrected chi connectivity index (χ3v) is 4.05. The molecule has 0 aliphatic carbocycles. The Hall–Kier alpha value is -2.17. The van der Waals surface area contributed by atoms with Crippen LogP contribution in [0.15, 0.2) is 29.1 Å². The number of rotatable bonds is 1. The molecule has 3 rings (SSSR count). The van der Waals surface area contributed by atoms with Gasteiger partial charge in [-0.05, 0) is 24.3 Å². The van der Waals surface area contributed by atoms with E-state index in [2.05, 4.69) is 24.0 Å². The summed E-state index contributed by atoms with van der Waals surface area (Å²) in [5.74, 6) is 0.888. The average molecular weight is 285 g/mol. The summed E-state index contributed by atoms with van der Waals surface area (Å²) in [5.41, 5.74) is 0.0778. The Bertz CT molecular complexity index is 728. The van der Waals surface area contributed by atoms with Crippen molar-refractivity contribution in [1.82, 2.24) is 15.1 Å². The van der Waals surface area contributed by atoms with E-state index >= 15 is 0 Å². The summed E-state index contributed by atoms with van der Waals surface area (Å²) in [5, 5.41) is 7.57. The van der Waals surface area contributed by atoms with Crippen LogP contribution in [0.4, 0.5) is 0 Å². The molecule has 110 valence electrons. The number of amides is 1. The molecule has 0 bridgehead atoms. The van der Waals surface area contributed by atoms with Gasteiger partial charge in [0.1, 0.15) is 0 Å². The maximum Gasteiger partial charge on any atom is 0.274 e. The van der Waals surface area contributed by atoms with Crippen molar-refractivity contribution in [3.8, 4) is 0 Å². The number of hydrogen-bond acceptors (Lipinski definition) is 3. The second-order valence-electron chi connectivity index (χ2n) is 6.10. The Morgan fingerprint density at radius 2 is 1.81 bits per heavy atom. The molecule has 2 aromatic rings. The van der Waals surface area contributed by atoms with Crippen molar-refractivity contribution in [2.24, 2.45) is 11.8 Å². The molecule has 1 fully saturated rings. The number of aromatic amines is 1. The molecule has 1 aliphatic rings. The molecule has 0 saturated carbocycles. The first-order valence-corrected chi connectivity index (χ1v) is 7.33. The lowest BCUT2D eigenvalue weighted by molar-refractivity contribution is 0.0618. The zero-order valence-electron chi connectivity index (χ0n) is 12.3. The van der Waals surface area contributed by atoms with Gasteiger partial charge < -0.3 is 4.90 Å². The van der Waals surface area contributed by atoms with Crippen molar-refractivity contribution in [2.75, 3.05) is 13.1 Å². The third-order valence-electron chi connectivity index (χ3n) is 4.05. The maximum absolute atomic E-state index is 12.8. The third kappa shape index (κ3) is 2.55. The van der Waals surface area contributed by atoms with Crippen molar-refractivity contribution in [2.45, 2.75) is 20.3 Å². The Kier molecular flexibility index (Phi) is 3.49. The van der Waals surface area contributed by atoms with Crippen LogP contribution in [-0.2, 0) is 0 Å². The van der Waals surface area contributed by atoms with Crippen molar-refractivity contribution < 1.29 is 4.79 Å². The van der Waals surface area contributed by atoms with Crippen LogP contribution in [0.3, 0.4) is 0 Å². The molecule has 2 atom stereocenters. The van der Waals surface area contributed by atoms with Crippen LogP contribution in [0.25, 0.3) is 10.8 Å². The highest BCUT2D eigenvalue weighted by molar-refractivity contribution is 6.04. The fourth-order valence-electron chi connectivity index (χ4n) is 3.26. The number of aromatic nitrogens is 2. The summed E-state index contributed by atoms with van der Waals surface area (Å²) in [6.07, 6.45) is 1.14. The summed E-state index contributed by atoms with van der Waals surface area (Å²) >= 11 is 0. The number of fused-ring (bicyclic) bond motifs is 1. The number of H-pyrrole nitrogens is 1. The first kappa shape index (κ1) is 13.8. The number of nitrogens with zero attached hydrogens (tertiary/aromatic N) is 2. The summed E-state index contributed by atoms with van der Waals surface area (Å²) in [7, 11) is 0. The maximum atomic E-state index is 12.8. The number of piperidine rings is 1. The average Bonchev–Trinajstić information content (AvgIpc) is 2.46. The second kappa shape index (κ2) is 5.31. The SMILES string of the molecule is C[C@H]1C[C@H](C)CN(C(=O)c2n[nH]c(=O)c3ccccc23)C1. The lowest BCUT2D eigenvalue weighted by atomic mass is 9.91. The molecular formula is C16H19N3O2. The summed E-state index contributed by atoms with van der Waals surface area (Å²) < 4.78 is 0. The van der Waals surface area contributed by atoms with E-state index < -0.39 is 0 Å². The van der Waals surface area contributed by atoms with E-state index in [1.807, 2.05) is 11.0 Å². The molecular weight excluding hydrogens is 266 g/mol. The van der Waals surface area contributed by atoms with E-state index in [0.29, 0.717) is 28.3 Å². The van der Waals surface area contributed by atoms with Crippen LogP contribution in [0, 0.1) is 11.8 Å². The van der Waals surface area contributed by atoms with Crippen molar-refractivity contribution >= 4 is 16.7 Å². The molecule has 1 aromatic heterocycles. The second-order valence-corrected chi connectivity index (χ2v) is 6.10. The minimum Gasteiger partial charge on any atom is -0.337 e. The molecule has 1 N–H and O–H groups in total. The first-order valence-electron chi connectivity index (χ1n) is 7.33. The van der Waals surface area contributed by atoms with Crippen molar-refractivity contribution in [1.29, 1.82) is 0 Å². The number of carbonyl (C=O) groups excluding carboxylic acids is 1. The molecule has 1 aromatic carbocycles. The number of benzene rings is 1. The van der Waals surface area contributed by atoms with Gasteiger partial charge >= 0.3 is 0 Å². The summed E-state index contributed by atoms with van der Waals surface area (Å²) in [6, 6.07) is 7.11. The minimum absolute atomic E-state index is 0.0964. The van der Waals surface area contributed by atoms with E-state index in [1.165, 1.54) is 0 Å². The molecule has 1 aliphatic heterocycles. The molecule has 21 heavy (non-hydrogen) atoms. The fraction of sp³-hybridized carbons (Fsp3) is 0.438. The molecule has 5 nitrogen and oxygen atoms in total. The van der Waals surface area contributed by atoms with Crippen molar-refractivity contribution in [3.63, 3.8) is 0 Å². The minimum atomic E-state index is -0.262. The molecule has 5 heteroatoms. The molecule has 1 amide bonds. The monoisotopic (exact) mass is 285 g/mol. The largest absolute Gasteiger partial charge is 0.337 e. The fourth-order valence-corrected chi connectivity index (χ4v) is 3.26. The van der Waals surface area contributed by atoms with Crippen LogP contribution in [0.2, 0.25) is 0 Å². The van der Waals surface area contributed by atoms with Crippen LogP contribution in [-0.4, -0.2) is 34.1 Å². The Labute approximate surface area is 123 Å². The molecule has 0 unspecified atom stereocenters. The van der Waals surface area contributed by atoms with Gasteiger partial charge in [-0.1, -0.05) is 32.0 Å². The quantitative estimate of drug-likeness (QED) is 0.872. The lowest BCUT2D eigenvalue weighted by Crippen LogP contribution is -2.43. The van der Waals surface area contributed by atoms with E-state index in [0.717, 1.165) is 19.5 Å². The van der Waals surface area contributed by atoms with E-state index in [-0.39, 0.29) is 11.5 Å². The normalized spacial score (nSPS) is 22.5. The van der Waals surface area contributed by atoms with Crippen LogP contribution >= 0.6 is 0 Å². The number of nitrogens with one attached hydrogen (secondary N) is 1. The Morgan fingerprint density at radius 3 is 2.48 bits per heavy atom. The van der Waals surface area contributed by atoms with E-state index in [4.69, 9.17) is 0 Å². The smallest absolute Gasteiger partial charge is 0.274 e. The molecule has 2 heterocycles. The lowest BCUT2D eigenvalue weighted by Gasteiger charge is -2.34. The highest BCUT2D eigenvalue weighted by atomic mass is 16.2. The predicted molar refractivity (Wildman–Crippen MR) is 81.2 cm³/mol. The Morgan fingerprint density at radius 1 is 1.19 bits per heavy atom. The van der Waals surface area contributed by atoms with Gasteiger partial charge in [0, 0.05) is 18.5 Å². The van der Waals surface area contributed by atoms with Gasteiger partial charge in [0.15, 0.2) is 5.69 Å². The summed E-state index contributed by atoms with van der Waals surface area (Å²) in [6.45, 7) is 5.82. The van der Waals surface area contributed by atoms with Gasteiger partial charge in [0.05, 0.1) is 5.39 Å². The number of carbonyl (C=O) groups is 1. The van der Waals surface area contributed by atoms with E-state index in [1.54, 1.807) is 18.2 Å². The Balaban J connectivity index is 2.02. The van der Waals surface area contributed by atoms with Crippen LogP contribution in [0.5, 0.6) is 0 Å². The predicted octanol–water partition coefficient (Wildman–Crippen LogP) is 2.04.